The minimum absolute atomic E-state index is 0.0275. The lowest BCUT2D eigenvalue weighted by Gasteiger charge is -2.14. The molecule has 0 aliphatic heterocycles. The summed E-state index contributed by atoms with van der Waals surface area (Å²) in [5.74, 6) is -0.153. The summed E-state index contributed by atoms with van der Waals surface area (Å²) in [5.41, 5.74) is 6.84. The van der Waals surface area contributed by atoms with Gasteiger partial charge in [-0.15, -0.1) is 0 Å². The Morgan fingerprint density at radius 1 is 1.33 bits per heavy atom. The maximum Gasteiger partial charge on any atom is 0.276 e. The van der Waals surface area contributed by atoms with E-state index in [9.17, 15) is 14.5 Å². The zero-order valence-corrected chi connectivity index (χ0v) is 11.5. The molecule has 0 radical (unpaired) electrons. The fourth-order valence-electron chi connectivity index (χ4n) is 1.98. The number of ether oxygens (including phenoxy) is 1. The van der Waals surface area contributed by atoms with Crippen molar-refractivity contribution >= 4 is 5.69 Å². The summed E-state index contributed by atoms with van der Waals surface area (Å²) in [5, 5.41) is 10.9. The smallest absolute Gasteiger partial charge is 0.276 e. The fraction of sp³-hybridized carbons (Fsp3) is 0.200. The largest absolute Gasteiger partial charge is 0.488 e. The van der Waals surface area contributed by atoms with Crippen LogP contribution in [0.5, 0.6) is 5.75 Å². The number of halogens is 1. The third kappa shape index (κ3) is 3.55. The molecule has 21 heavy (non-hydrogen) atoms. The number of hydrogen-bond donors (Lipinski definition) is 1. The van der Waals surface area contributed by atoms with Crippen LogP contribution in [0.3, 0.4) is 0 Å². The molecule has 5 nitrogen and oxygen atoms in total. The lowest BCUT2D eigenvalue weighted by atomic mass is 10.1. The van der Waals surface area contributed by atoms with Crippen molar-refractivity contribution in [2.45, 2.75) is 19.6 Å². The second kappa shape index (κ2) is 6.32. The van der Waals surface area contributed by atoms with Crippen LogP contribution in [-0.4, -0.2) is 4.92 Å². The lowest BCUT2D eigenvalue weighted by molar-refractivity contribution is -0.385. The Kier molecular flexibility index (Phi) is 4.49. The van der Waals surface area contributed by atoms with E-state index in [2.05, 4.69) is 0 Å². The van der Waals surface area contributed by atoms with Gasteiger partial charge in [0.1, 0.15) is 18.2 Å². The normalized spacial score (nSPS) is 12.0. The summed E-state index contributed by atoms with van der Waals surface area (Å²) in [7, 11) is 0. The molecule has 0 saturated carbocycles. The van der Waals surface area contributed by atoms with Crippen LogP contribution >= 0.6 is 0 Å². The summed E-state index contributed by atoms with van der Waals surface area (Å²) >= 11 is 0. The predicted octanol–water partition coefficient (Wildman–Crippen LogP) is 3.33. The van der Waals surface area contributed by atoms with Crippen molar-refractivity contribution in [3.63, 3.8) is 0 Å². The number of rotatable bonds is 5. The van der Waals surface area contributed by atoms with Crippen LogP contribution in [0.2, 0.25) is 0 Å². The first-order chi connectivity index (χ1) is 9.99. The highest BCUT2D eigenvalue weighted by Crippen LogP contribution is 2.27. The molecule has 0 amide bonds. The average molecular weight is 290 g/mol. The van der Waals surface area contributed by atoms with Crippen LogP contribution in [0.4, 0.5) is 10.1 Å². The quantitative estimate of drug-likeness (QED) is 0.676. The van der Waals surface area contributed by atoms with E-state index in [0.717, 1.165) is 0 Å². The molecule has 1 atom stereocenters. The molecule has 2 N–H and O–H groups in total. The van der Waals surface area contributed by atoms with Crippen LogP contribution in [0.15, 0.2) is 42.5 Å². The van der Waals surface area contributed by atoms with Crippen LogP contribution in [0, 0.1) is 15.9 Å². The van der Waals surface area contributed by atoms with Gasteiger partial charge in [-0.3, -0.25) is 10.1 Å². The molecule has 0 bridgehead atoms. The monoisotopic (exact) mass is 290 g/mol. The third-order valence-corrected chi connectivity index (χ3v) is 3.04. The van der Waals surface area contributed by atoms with Gasteiger partial charge < -0.3 is 10.5 Å². The Bertz CT molecular complexity index is 659. The molecular formula is C15H15FN2O3. The second-order valence-electron chi connectivity index (χ2n) is 4.65. The van der Waals surface area contributed by atoms with Crippen LogP contribution in [0.25, 0.3) is 0 Å². The number of hydrogen-bond acceptors (Lipinski definition) is 4. The predicted molar refractivity (Wildman–Crippen MR) is 76.4 cm³/mol. The zero-order chi connectivity index (χ0) is 15.4. The molecule has 0 aliphatic rings. The van der Waals surface area contributed by atoms with Crippen LogP contribution in [0.1, 0.15) is 24.1 Å². The fourth-order valence-corrected chi connectivity index (χ4v) is 1.98. The van der Waals surface area contributed by atoms with Gasteiger partial charge in [0.2, 0.25) is 0 Å². The Morgan fingerprint density at radius 2 is 2.05 bits per heavy atom. The third-order valence-electron chi connectivity index (χ3n) is 3.04. The summed E-state index contributed by atoms with van der Waals surface area (Å²) in [6, 6.07) is 10.0. The molecule has 2 aromatic rings. The standard InChI is InChI=1S/C15H15FN2O3/c1-10(17)13-7-6-12(16)8-15(13)21-9-11-4-2-3-5-14(11)18(19)20/h2-8,10H,9,17H2,1H3/t10-/m1/s1. The van der Waals surface area contributed by atoms with Gasteiger partial charge in [-0.05, 0) is 19.1 Å². The highest BCUT2D eigenvalue weighted by molar-refractivity contribution is 5.41. The van der Waals surface area contributed by atoms with Gasteiger partial charge in [-0.2, -0.15) is 0 Å². The molecule has 2 aromatic carbocycles. The summed E-state index contributed by atoms with van der Waals surface area (Å²) in [4.78, 5) is 10.5. The van der Waals surface area contributed by atoms with Gasteiger partial charge in [0.25, 0.3) is 5.69 Å². The highest BCUT2D eigenvalue weighted by atomic mass is 19.1. The average Bonchev–Trinajstić information content (AvgIpc) is 2.45. The van der Waals surface area contributed by atoms with Gasteiger partial charge in [0, 0.05) is 23.7 Å². The van der Waals surface area contributed by atoms with E-state index in [4.69, 9.17) is 10.5 Å². The van der Waals surface area contributed by atoms with Crippen molar-refractivity contribution in [1.29, 1.82) is 0 Å². The Labute approximate surface area is 121 Å². The zero-order valence-electron chi connectivity index (χ0n) is 11.5. The molecule has 0 aliphatic carbocycles. The molecule has 0 heterocycles. The van der Waals surface area contributed by atoms with Crippen molar-refractivity contribution in [2.75, 3.05) is 0 Å². The summed E-state index contributed by atoms with van der Waals surface area (Å²) in [6.07, 6.45) is 0. The molecule has 0 spiro atoms. The van der Waals surface area contributed by atoms with E-state index in [1.165, 1.54) is 18.2 Å². The maximum absolute atomic E-state index is 13.3. The van der Waals surface area contributed by atoms with Gasteiger partial charge in [-0.1, -0.05) is 18.2 Å². The molecule has 0 aromatic heterocycles. The number of nitro groups is 1. The topological polar surface area (TPSA) is 78.4 Å². The molecule has 2 rings (SSSR count). The van der Waals surface area contributed by atoms with Gasteiger partial charge in [0.05, 0.1) is 10.5 Å². The van der Waals surface area contributed by atoms with Gasteiger partial charge in [-0.25, -0.2) is 4.39 Å². The molecule has 6 heteroatoms. The summed E-state index contributed by atoms with van der Waals surface area (Å²) < 4.78 is 18.8. The van der Waals surface area contributed by atoms with Gasteiger partial charge >= 0.3 is 0 Å². The summed E-state index contributed by atoms with van der Waals surface area (Å²) in [6.45, 7) is 1.73. The maximum atomic E-state index is 13.3. The van der Waals surface area contributed by atoms with Crippen molar-refractivity contribution in [3.05, 3.63) is 69.5 Å². The van der Waals surface area contributed by atoms with E-state index in [-0.39, 0.29) is 18.3 Å². The van der Waals surface area contributed by atoms with Crippen molar-refractivity contribution in [3.8, 4) is 5.75 Å². The van der Waals surface area contributed by atoms with E-state index in [1.807, 2.05) is 0 Å². The highest BCUT2D eigenvalue weighted by Gasteiger charge is 2.15. The minimum atomic E-state index is -0.475. The molecular weight excluding hydrogens is 275 g/mol. The molecule has 0 fully saturated rings. The number of para-hydroxylation sites is 1. The Hall–Kier alpha value is -2.47. The molecule has 0 saturated heterocycles. The Morgan fingerprint density at radius 3 is 2.71 bits per heavy atom. The van der Waals surface area contributed by atoms with Crippen molar-refractivity contribution in [2.24, 2.45) is 5.73 Å². The minimum Gasteiger partial charge on any atom is -0.488 e. The lowest BCUT2D eigenvalue weighted by Crippen LogP contribution is -2.09. The van der Waals surface area contributed by atoms with E-state index in [1.54, 1.807) is 31.2 Å². The van der Waals surface area contributed by atoms with E-state index < -0.39 is 10.7 Å². The van der Waals surface area contributed by atoms with E-state index >= 15 is 0 Å². The SMILES string of the molecule is C[C@@H](N)c1ccc(F)cc1OCc1ccccc1[N+](=O)[O-]. The first-order valence-electron chi connectivity index (χ1n) is 6.39. The number of nitro benzene ring substituents is 1. The van der Waals surface area contributed by atoms with Crippen LogP contribution in [-0.2, 0) is 6.61 Å². The number of nitrogens with zero attached hydrogens (tertiary/aromatic N) is 1. The van der Waals surface area contributed by atoms with Gasteiger partial charge in [0.15, 0.2) is 0 Å². The first-order valence-corrected chi connectivity index (χ1v) is 6.39. The Balaban J connectivity index is 2.24. The number of nitrogens with two attached hydrogens (primary N) is 1. The van der Waals surface area contributed by atoms with Crippen LogP contribution < -0.4 is 10.5 Å². The van der Waals surface area contributed by atoms with Crippen molar-refractivity contribution < 1.29 is 14.1 Å². The molecule has 110 valence electrons. The van der Waals surface area contributed by atoms with E-state index in [0.29, 0.717) is 16.9 Å². The molecule has 0 unspecified atom stereocenters. The van der Waals surface area contributed by atoms with Crippen molar-refractivity contribution in [1.82, 2.24) is 0 Å². The number of benzene rings is 2. The first kappa shape index (κ1) is 14.9. The second-order valence-corrected chi connectivity index (χ2v) is 4.65.